The van der Waals surface area contributed by atoms with Crippen molar-refractivity contribution in [1.29, 1.82) is 0 Å². The number of esters is 1. The lowest BCUT2D eigenvalue weighted by molar-refractivity contribution is -0.155. The fourth-order valence-electron chi connectivity index (χ4n) is 3.08. The molecule has 2 aliphatic rings. The van der Waals surface area contributed by atoms with Gasteiger partial charge in [-0.05, 0) is 24.0 Å². The molecule has 4 heteroatoms. The molecule has 1 heterocycles. The Morgan fingerprint density at radius 2 is 2.00 bits per heavy atom. The van der Waals surface area contributed by atoms with Crippen molar-refractivity contribution < 1.29 is 14.3 Å². The summed E-state index contributed by atoms with van der Waals surface area (Å²) in [7, 11) is 0. The van der Waals surface area contributed by atoms with Gasteiger partial charge in [-0.2, -0.15) is 0 Å². The summed E-state index contributed by atoms with van der Waals surface area (Å²) in [5.41, 5.74) is 2.21. The predicted molar refractivity (Wildman–Crippen MR) is 83.1 cm³/mol. The van der Waals surface area contributed by atoms with E-state index in [9.17, 15) is 9.59 Å². The fourth-order valence-corrected chi connectivity index (χ4v) is 3.08. The number of amides is 1. The Labute approximate surface area is 130 Å². The molecular weight excluding hydrogens is 278 g/mol. The second kappa shape index (κ2) is 6.34. The van der Waals surface area contributed by atoms with Crippen LogP contribution >= 0.6 is 0 Å². The molecule has 1 aromatic carbocycles. The molecule has 1 aliphatic carbocycles. The first-order valence-corrected chi connectivity index (χ1v) is 7.88. The number of benzene rings is 1. The Bertz CT molecular complexity index is 608. The monoisotopic (exact) mass is 299 g/mol. The van der Waals surface area contributed by atoms with Gasteiger partial charge in [0.25, 0.3) is 0 Å². The van der Waals surface area contributed by atoms with Crippen molar-refractivity contribution in [3.8, 4) is 0 Å². The lowest BCUT2D eigenvalue weighted by atomic mass is 10.1. The van der Waals surface area contributed by atoms with Crippen LogP contribution in [-0.2, 0) is 20.7 Å². The lowest BCUT2D eigenvalue weighted by Crippen LogP contribution is -2.37. The van der Waals surface area contributed by atoms with Gasteiger partial charge in [0.05, 0.1) is 12.0 Å². The van der Waals surface area contributed by atoms with Crippen LogP contribution in [0.4, 0.5) is 0 Å². The predicted octanol–water partition coefficient (Wildman–Crippen LogP) is 2.69. The molecule has 0 aromatic heterocycles. The maximum Gasteiger partial charge on any atom is 0.309 e. The van der Waals surface area contributed by atoms with Gasteiger partial charge in [0.2, 0.25) is 5.91 Å². The Kier molecular flexibility index (Phi) is 4.27. The molecule has 1 aliphatic heterocycles. The van der Waals surface area contributed by atoms with Crippen molar-refractivity contribution in [3.63, 3.8) is 0 Å². The summed E-state index contributed by atoms with van der Waals surface area (Å²) in [5, 5.41) is 3.04. The molecule has 4 nitrogen and oxygen atoms in total. The zero-order valence-electron chi connectivity index (χ0n) is 12.7. The highest BCUT2D eigenvalue weighted by atomic mass is 16.5. The molecule has 0 fully saturated rings. The van der Waals surface area contributed by atoms with Crippen LogP contribution in [0.15, 0.2) is 36.4 Å². The molecule has 3 atom stereocenters. The molecule has 1 amide bonds. The van der Waals surface area contributed by atoms with E-state index in [1.165, 1.54) is 0 Å². The van der Waals surface area contributed by atoms with Gasteiger partial charge in [0.1, 0.15) is 6.10 Å². The molecule has 0 spiro atoms. The number of hydrogen-bond donors (Lipinski definition) is 1. The number of allylic oxidation sites excluding steroid dienone is 2. The molecule has 1 aromatic rings. The highest BCUT2D eigenvalue weighted by Gasteiger charge is 2.36. The average Bonchev–Trinajstić information content (AvgIpc) is 2.83. The molecular formula is C18H21NO3. The fraction of sp³-hybridized carbons (Fsp3) is 0.444. The Morgan fingerprint density at radius 3 is 2.86 bits per heavy atom. The molecule has 0 bridgehead atoms. The van der Waals surface area contributed by atoms with E-state index in [4.69, 9.17) is 4.74 Å². The molecule has 0 saturated carbocycles. The van der Waals surface area contributed by atoms with Gasteiger partial charge in [0, 0.05) is 12.8 Å². The summed E-state index contributed by atoms with van der Waals surface area (Å²) in [6.07, 6.45) is 6.10. The normalized spacial score (nSPS) is 28.7. The van der Waals surface area contributed by atoms with Gasteiger partial charge in [0.15, 0.2) is 0 Å². The summed E-state index contributed by atoms with van der Waals surface area (Å²) >= 11 is 0. The summed E-state index contributed by atoms with van der Waals surface area (Å²) in [6.45, 7) is 1.88. The molecule has 0 saturated heterocycles. The van der Waals surface area contributed by atoms with Gasteiger partial charge in [-0.1, -0.05) is 43.3 Å². The van der Waals surface area contributed by atoms with Crippen molar-refractivity contribution in [2.75, 3.05) is 0 Å². The molecule has 1 N–H and O–H groups in total. The number of nitrogens with one attached hydrogen (secondary N) is 1. The first-order chi connectivity index (χ1) is 10.6. The summed E-state index contributed by atoms with van der Waals surface area (Å²) < 4.78 is 5.70. The smallest absolute Gasteiger partial charge is 0.309 e. The topological polar surface area (TPSA) is 55.4 Å². The van der Waals surface area contributed by atoms with Gasteiger partial charge in [-0.3, -0.25) is 9.59 Å². The SMILES string of the molecule is C[C@@H]1CC=CCCC(=O)N[C@@H]2c3ccccc3C[C@@H]2OC1=O. The maximum atomic E-state index is 12.2. The van der Waals surface area contributed by atoms with Gasteiger partial charge >= 0.3 is 5.97 Å². The van der Waals surface area contributed by atoms with Crippen LogP contribution in [0.5, 0.6) is 0 Å². The lowest BCUT2D eigenvalue weighted by Gasteiger charge is -2.24. The third kappa shape index (κ3) is 3.06. The standard InChI is InChI=1S/C18H21NO3/c1-12-7-3-2-4-10-16(20)19-17-14-9-6-5-8-13(14)11-15(17)22-18(12)21/h2-3,5-6,8-9,12,15,17H,4,7,10-11H2,1H3,(H,19,20)/t12-,15+,17-/m1/s1. The highest BCUT2D eigenvalue weighted by Crippen LogP contribution is 2.34. The Hall–Kier alpha value is -2.10. The quantitative estimate of drug-likeness (QED) is 0.592. The van der Waals surface area contributed by atoms with E-state index in [0.29, 0.717) is 25.7 Å². The van der Waals surface area contributed by atoms with Crippen LogP contribution in [0, 0.1) is 5.92 Å². The second-order valence-corrected chi connectivity index (χ2v) is 6.07. The minimum absolute atomic E-state index is 0.000948. The first kappa shape index (κ1) is 14.8. The van der Waals surface area contributed by atoms with Gasteiger partial charge < -0.3 is 10.1 Å². The zero-order chi connectivity index (χ0) is 15.5. The first-order valence-electron chi connectivity index (χ1n) is 7.88. The van der Waals surface area contributed by atoms with Crippen LogP contribution in [0.25, 0.3) is 0 Å². The number of carbonyl (C=O) groups is 2. The highest BCUT2D eigenvalue weighted by molar-refractivity contribution is 5.77. The van der Waals surface area contributed by atoms with Gasteiger partial charge in [-0.15, -0.1) is 0 Å². The minimum atomic E-state index is -0.306. The second-order valence-electron chi connectivity index (χ2n) is 6.07. The van der Waals surface area contributed by atoms with Crippen LogP contribution in [0.3, 0.4) is 0 Å². The van der Waals surface area contributed by atoms with E-state index in [-0.39, 0.29) is 29.9 Å². The molecule has 0 radical (unpaired) electrons. The Morgan fingerprint density at radius 1 is 1.18 bits per heavy atom. The third-order valence-electron chi connectivity index (χ3n) is 4.36. The van der Waals surface area contributed by atoms with Crippen molar-refractivity contribution in [1.82, 2.24) is 5.32 Å². The summed E-state index contributed by atoms with van der Waals surface area (Å²) in [4.78, 5) is 24.3. The van der Waals surface area contributed by atoms with E-state index < -0.39 is 0 Å². The largest absolute Gasteiger partial charge is 0.459 e. The van der Waals surface area contributed by atoms with Gasteiger partial charge in [-0.25, -0.2) is 0 Å². The summed E-state index contributed by atoms with van der Waals surface area (Å²) in [5.74, 6) is -0.348. The van der Waals surface area contributed by atoms with E-state index in [2.05, 4.69) is 5.32 Å². The summed E-state index contributed by atoms with van der Waals surface area (Å²) in [6, 6.07) is 7.73. The number of carbonyl (C=O) groups excluding carboxylic acids is 2. The molecule has 116 valence electrons. The van der Waals surface area contributed by atoms with Crippen molar-refractivity contribution in [2.24, 2.45) is 5.92 Å². The van der Waals surface area contributed by atoms with Crippen molar-refractivity contribution in [2.45, 2.75) is 44.8 Å². The Balaban J connectivity index is 1.87. The van der Waals surface area contributed by atoms with E-state index in [1.54, 1.807) is 0 Å². The number of hydrogen-bond acceptors (Lipinski definition) is 3. The molecule has 3 rings (SSSR count). The molecule has 22 heavy (non-hydrogen) atoms. The minimum Gasteiger partial charge on any atom is -0.459 e. The average molecular weight is 299 g/mol. The van der Waals surface area contributed by atoms with E-state index >= 15 is 0 Å². The van der Waals surface area contributed by atoms with Crippen molar-refractivity contribution in [3.05, 3.63) is 47.5 Å². The van der Waals surface area contributed by atoms with Crippen molar-refractivity contribution >= 4 is 11.9 Å². The van der Waals surface area contributed by atoms with Crippen LogP contribution in [0.1, 0.15) is 43.4 Å². The number of ether oxygens (including phenoxy) is 1. The van der Waals surface area contributed by atoms with Crippen LogP contribution < -0.4 is 5.32 Å². The number of rotatable bonds is 0. The van der Waals surface area contributed by atoms with Crippen LogP contribution in [0.2, 0.25) is 0 Å². The zero-order valence-corrected chi connectivity index (χ0v) is 12.7. The maximum absolute atomic E-state index is 12.2. The van der Waals surface area contributed by atoms with E-state index in [0.717, 1.165) is 11.1 Å². The third-order valence-corrected chi connectivity index (χ3v) is 4.36. The molecule has 0 unspecified atom stereocenters. The van der Waals surface area contributed by atoms with E-state index in [1.807, 2.05) is 43.3 Å². The van der Waals surface area contributed by atoms with Crippen LogP contribution in [-0.4, -0.2) is 18.0 Å². The number of fused-ring (bicyclic) bond motifs is 3.